The molecule has 0 spiro atoms. The van der Waals surface area contributed by atoms with Gasteiger partial charge in [-0.2, -0.15) is 0 Å². The highest BCUT2D eigenvalue weighted by Crippen LogP contribution is 2.21. The first-order valence-corrected chi connectivity index (χ1v) is 7.71. The van der Waals surface area contributed by atoms with Gasteiger partial charge in [-0.05, 0) is 24.6 Å². The number of ether oxygens (including phenoxy) is 2. The van der Waals surface area contributed by atoms with Crippen molar-refractivity contribution in [3.05, 3.63) is 41.6 Å². The Morgan fingerprint density at radius 3 is 2.58 bits per heavy atom. The second kappa shape index (κ2) is 8.65. The van der Waals surface area contributed by atoms with Gasteiger partial charge in [-0.25, -0.2) is 4.79 Å². The van der Waals surface area contributed by atoms with E-state index in [1.807, 2.05) is 6.07 Å². The van der Waals surface area contributed by atoms with E-state index >= 15 is 0 Å². The third-order valence-corrected chi connectivity index (χ3v) is 3.62. The van der Waals surface area contributed by atoms with Crippen LogP contribution < -0.4 is 10.1 Å². The van der Waals surface area contributed by atoms with Gasteiger partial charge in [0.2, 0.25) is 0 Å². The molecule has 1 unspecified atom stereocenters. The number of β-lactam (4-membered cyclic amide) rings is 1. The fourth-order valence-corrected chi connectivity index (χ4v) is 2.39. The van der Waals surface area contributed by atoms with E-state index in [-0.39, 0.29) is 37.5 Å². The highest BCUT2D eigenvalue weighted by molar-refractivity contribution is 6.00. The van der Waals surface area contributed by atoms with Crippen molar-refractivity contribution < 1.29 is 33.8 Å². The van der Waals surface area contributed by atoms with Gasteiger partial charge >= 0.3 is 5.97 Å². The lowest BCUT2D eigenvalue weighted by Crippen LogP contribution is -2.64. The molecule has 2 amide bonds. The molecule has 9 nitrogen and oxygen atoms in total. The number of amides is 2. The Hall–Kier alpha value is -3.36. The number of likely N-dealkylation sites (tertiary alicyclic amines) is 1. The maximum atomic E-state index is 12.2. The van der Waals surface area contributed by atoms with Crippen molar-refractivity contribution in [2.24, 2.45) is 0 Å². The first-order valence-electron chi connectivity index (χ1n) is 7.71. The van der Waals surface area contributed by atoms with Crippen LogP contribution in [-0.4, -0.2) is 60.1 Å². The molecule has 1 aliphatic heterocycles. The summed E-state index contributed by atoms with van der Waals surface area (Å²) in [4.78, 5) is 46.6. The standard InChI is InChI=1S/C17H18N2O7/c1-11(8-25-10-20)15(17(23)24)19-7-13(16(19)22)18-14(21)9-26-12-5-3-2-4-6-12/h2-6,10,13H,7-9H2,1H3,(H,18,21)(H,23,24)/b15-11-. The number of nitrogens with zero attached hydrogens (tertiary/aromatic N) is 1. The zero-order valence-corrected chi connectivity index (χ0v) is 14.0. The van der Waals surface area contributed by atoms with E-state index in [4.69, 9.17) is 4.74 Å². The molecule has 0 aromatic heterocycles. The number of para-hydroxylation sites is 1. The first kappa shape index (κ1) is 19.0. The Bertz CT molecular complexity index is 730. The van der Waals surface area contributed by atoms with Crippen LogP contribution >= 0.6 is 0 Å². The quantitative estimate of drug-likeness (QED) is 0.358. The molecule has 1 aliphatic rings. The Morgan fingerprint density at radius 1 is 1.31 bits per heavy atom. The van der Waals surface area contributed by atoms with E-state index in [1.165, 1.54) is 6.92 Å². The van der Waals surface area contributed by atoms with Gasteiger partial charge in [0.1, 0.15) is 24.1 Å². The number of benzene rings is 1. The summed E-state index contributed by atoms with van der Waals surface area (Å²) in [6, 6.07) is 7.89. The van der Waals surface area contributed by atoms with Crippen molar-refractivity contribution in [1.29, 1.82) is 0 Å². The molecule has 1 saturated heterocycles. The fraction of sp³-hybridized carbons (Fsp3) is 0.294. The second-order valence-corrected chi connectivity index (χ2v) is 5.51. The minimum Gasteiger partial charge on any atom is -0.484 e. The lowest BCUT2D eigenvalue weighted by atomic mass is 10.0. The molecule has 1 aromatic rings. The monoisotopic (exact) mass is 362 g/mol. The first-order chi connectivity index (χ1) is 12.4. The molecule has 1 atom stereocenters. The summed E-state index contributed by atoms with van der Waals surface area (Å²) in [5.74, 6) is -1.84. The van der Waals surface area contributed by atoms with E-state index in [1.54, 1.807) is 24.3 Å². The summed E-state index contributed by atoms with van der Waals surface area (Å²) >= 11 is 0. The molecule has 138 valence electrons. The predicted octanol–water partition coefficient (Wildman–Crippen LogP) is -0.0760. The molecule has 0 bridgehead atoms. The van der Waals surface area contributed by atoms with Gasteiger partial charge in [-0.3, -0.25) is 14.4 Å². The molecule has 1 fully saturated rings. The summed E-state index contributed by atoms with van der Waals surface area (Å²) in [6.45, 7) is 1.14. The van der Waals surface area contributed by atoms with Crippen LogP contribution in [0.5, 0.6) is 5.75 Å². The van der Waals surface area contributed by atoms with E-state index < -0.39 is 23.8 Å². The van der Waals surface area contributed by atoms with Crippen LogP contribution in [0.3, 0.4) is 0 Å². The summed E-state index contributed by atoms with van der Waals surface area (Å²) in [6.07, 6.45) is 0. The molecule has 0 saturated carbocycles. The maximum absolute atomic E-state index is 12.2. The van der Waals surface area contributed by atoms with Crippen LogP contribution in [0.4, 0.5) is 0 Å². The Balaban J connectivity index is 1.89. The Kier molecular flexibility index (Phi) is 6.31. The molecular formula is C17H18N2O7. The summed E-state index contributed by atoms with van der Waals surface area (Å²) < 4.78 is 9.80. The average molecular weight is 362 g/mol. The van der Waals surface area contributed by atoms with Crippen LogP contribution in [0.25, 0.3) is 0 Å². The number of carboxylic acid groups (broad SMARTS) is 1. The minimum absolute atomic E-state index is 0.00989. The highest BCUT2D eigenvalue weighted by Gasteiger charge is 2.42. The van der Waals surface area contributed by atoms with Gasteiger partial charge in [0.25, 0.3) is 18.3 Å². The van der Waals surface area contributed by atoms with Gasteiger partial charge in [-0.1, -0.05) is 18.2 Å². The summed E-state index contributed by atoms with van der Waals surface area (Å²) in [5.41, 5.74) is -0.0435. The van der Waals surface area contributed by atoms with Gasteiger partial charge in [0.05, 0.1) is 6.54 Å². The number of carbonyl (C=O) groups is 4. The number of carboxylic acids is 1. The molecule has 1 aromatic carbocycles. The zero-order chi connectivity index (χ0) is 19.1. The van der Waals surface area contributed by atoms with Crippen LogP contribution in [0.15, 0.2) is 41.6 Å². The third-order valence-electron chi connectivity index (χ3n) is 3.62. The Labute approximate surface area is 149 Å². The number of nitrogens with one attached hydrogen (secondary N) is 1. The smallest absolute Gasteiger partial charge is 0.352 e. The second-order valence-electron chi connectivity index (χ2n) is 5.51. The van der Waals surface area contributed by atoms with Crippen molar-refractivity contribution >= 4 is 24.3 Å². The number of rotatable bonds is 9. The van der Waals surface area contributed by atoms with Crippen LogP contribution in [-0.2, 0) is 23.9 Å². The minimum atomic E-state index is -1.32. The van der Waals surface area contributed by atoms with Crippen molar-refractivity contribution in [1.82, 2.24) is 10.2 Å². The normalized spacial score (nSPS) is 16.9. The number of carbonyl (C=O) groups excluding carboxylic acids is 3. The van der Waals surface area contributed by atoms with Gasteiger partial charge in [0, 0.05) is 0 Å². The van der Waals surface area contributed by atoms with Crippen LogP contribution in [0.1, 0.15) is 6.92 Å². The van der Waals surface area contributed by atoms with E-state index in [0.29, 0.717) is 5.75 Å². The Morgan fingerprint density at radius 2 is 2.00 bits per heavy atom. The van der Waals surface area contributed by atoms with E-state index in [9.17, 15) is 24.3 Å². The third kappa shape index (κ3) is 4.59. The average Bonchev–Trinajstić information content (AvgIpc) is 2.63. The van der Waals surface area contributed by atoms with Gasteiger partial charge in [0.15, 0.2) is 6.61 Å². The van der Waals surface area contributed by atoms with Crippen molar-refractivity contribution in [3.8, 4) is 5.75 Å². The fourth-order valence-electron chi connectivity index (χ4n) is 2.39. The van der Waals surface area contributed by atoms with E-state index in [2.05, 4.69) is 10.1 Å². The van der Waals surface area contributed by atoms with Crippen molar-refractivity contribution in [2.45, 2.75) is 13.0 Å². The van der Waals surface area contributed by atoms with Gasteiger partial charge < -0.3 is 24.8 Å². The lowest BCUT2D eigenvalue weighted by molar-refractivity contribution is -0.149. The molecular weight excluding hydrogens is 344 g/mol. The largest absolute Gasteiger partial charge is 0.484 e. The number of hydrogen-bond donors (Lipinski definition) is 2. The SMILES string of the molecule is C/C(COC=O)=C(\C(=O)O)N1CC(NC(=O)COc2ccccc2)C1=O. The zero-order valence-electron chi connectivity index (χ0n) is 14.0. The molecule has 0 aliphatic carbocycles. The number of hydrogen-bond acceptors (Lipinski definition) is 6. The number of aliphatic carboxylic acids is 1. The molecule has 9 heteroatoms. The molecule has 2 N–H and O–H groups in total. The van der Waals surface area contributed by atoms with Crippen molar-refractivity contribution in [3.63, 3.8) is 0 Å². The summed E-state index contributed by atoms with van der Waals surface area (Å²) in [5, 5.41) is 11.8. The van der Waals surface area contributed by atoms with Crippen LogP contribution in [0.2, 0.25) is 0 Å². The van der Waals surface area contributed by atoms with Crippen LogP contribution in [0, 0.1) is 0 Å². The van der Waals surface area contributed by atoms with E-state index in [0.717, 1.165) is 4.90 Å². The molecule has 2 rings (SSSR count). The maximum Gasteiger partial charge on any atom is 0.352 e. The lowest BCUT2D eigenvalue weighted by Gasteiger charge is -2.39. The predicted molar refractivity (Wildman–Crippen MR) is 87.9 cm³/mol. The molecule has 26 heavy (non-hydrogen) atoms. The highest BCUT2D eigenvalue weighted by atomic mass is 16.5. The molecule has 0 radical (unpaired) electrons. The van der Waals surface area contributed by atoms with Crippen molar-refractivity contribution in [2.75, 3.05) is 19.8 Å². The summed E-state index contributed by atoms with van der Waals surface area (Å²) in [7, 11) is 0. The van der Waals surface area contributed by atoms with Gasteiger partial charge in [-0.15, -0.1) is 0 Å². The topological polar surface area (TPSA) is 122 Å². The molecule has 1 heterocycles.